The van der Waals surface area contributed by atoms with Gasteiger partial charge in [-0.3, -0.25) is 4.79 Å². The van der Waals surface area contributed by atoms with E-state index in [0.717, 1.165) is 24.9 Å². The molecule has 2 rings (SSSR count). The second-order valence-corrected chi connectivity index (χ2v) is 4.32. The fourth-order valence-corrected chi connectivity index (χ4v) is 2.05. The lowest BCUT2D eigenvalue weighted by molar-refractivity contribution is -0.124. The summed E-state index contributed by atoms with van der Waals surface area (Å²) in [6.45, 7) is 1.40. The highest BCUT2D eigenvalue weighted by Crippen LogP contribution is 2.08. The average molecular weight is 232 g/mol. The van der Waals surface area contributed by atoms with E-state index in [0.29, 0.717) is 12.2 Å². The van der Waals surface area contributed by atoms with Gasteiger partial charge in [-0.05, 0) is 24.5 Å². The monoisotopic (exact) mass is 232 g/mol. The van der Waals surface area contributed by atoms with Crippen molar-refractivity contribution in [1.29, 1.82) is 5.26 Å². The van der Waals surface area contributed by atoms with Crippen LogP contribution in [-0.2, 0) is 18.4 Å². The average Bonchev–Trinajstić information content (AvgIpc) is 2.69. The Morgan fingerprint density at radius 3 is 3.18 bits per heavy atom. The van der Waals surface area contributed by atoms with Crippen LogP contribution in [0.5, 0.6) is 0 Å². The number of amides is 1. The van der Waals surface area contributed by atoms with Crippen LogP contribution in [0.4, 0.5) is 0 Å². The third-order valence-corrected chi connectivity index (χ3v) is 3.01. The van der Waals surface area contributed by atoms with Gasteiger partial charge in [0.1, 0.15) is 11.8 Å². The Balaban J connectivity index is 1.93. The summed E-state index contributed by atoms with van der Waals surface area (Å²) in [6.07, 6.45) is 3.80. The molecular weight excluding hydrogens is 216 g/mol. The molecule has 1 saturated heterocycles. The SMILES string of the molecule is Cn1cc(CNC2CCCNC2=O)cc1C#N. The molecule has 17 heavy (non-hydrogen) atoms. The molecular formula is C12H16N4O. The Hall–Kier alpha value is -1.80. The summed E-state index contributed by atoms with van der Waals surface area (Å²) < 4.78 is 1.79. The lowest BCUT2D eigenvalue weighted by Gasteiger charge is -2.22. The number of nitrogens with one attached hydrogen (secondary N) is 2. The fourth-order valence-electron chi connectivity index (χ4n) is 2.05. The minimum atomic E-state index is -0.102. The maximum absolute atomic E-state index is 11.5. The molecule has 90 valence electrons. The zero-order chi connectivity index (χ0) is 12.3. The van der Waals surface area contributed by atoms with Crippen LogP contribution in [0.1, 0.15) is 24.1 Å². The second kappa shape index (κ2) is 5.02. The van der Waals surface area contributed by atoms with Crippen molar-refractivity contribution in [3.8, 4) is 6.07 Å². The van der Waals surface area contributed by atoms with Crippen LogP contribution in [0.25, 0.3) is 0 Å². The zero-order valence-corrected chi connectivity index (χ0v) is 9.86. The molecule has 0 spiro atoms. The minimum absolute atomic E-state index is 0.0766. The van der Waals surface area contributed by atoms with E-state index < -0.39 is 0 Å². The van der Waals surface area contributed by atoms with Gasteiger partial charge in [0, 0.05) is 26.3 Å². The molecule has 1 amide bonds. The van der Waals surface area contributed by atoms with Crippen molar-refractivity contribution in [3.05, 3.63) is 23.5 Å². The first-order valence-electron chi connectivity index (χ1n) is 5.77. The molecule has 1 aromatic heterocycles. The maximum Gasteiger partial charge on any atom is 0.237 e. The number of nitrogens with zero attached hydrogens (tertiary/aromatic N) is 2. The van der Waals surface area contributed by atoms with Crippen molar-refractivity contribution in [3.63, 3.8) is 0 Å². The molecule has 0 saturated carbocycles. The van der Waals surface area contributed by atoms with Gasteiger partial charge in [-0.2, -0.15) is 5.26 Å². The third kappa shape index (κ3) is 2.66. The van der Waals surface area contributed by atoms with Crippen LogP contribution in [0.2, 0.25) is 0 Å². The normalized spacial score (nSPS) is 19.8. The molecule has 1 fully saturated rings. The van der Waals surface area contributed by atoms with Gasteiger partial charge >= 0.3 is 0 Å². The summed E-state index contributed by atoms with van der Waals surface area (Å²) in [5, 5.41) is 14.9. The Kier molecular flexibility index (Phi) is 3.45. The lowest BCUT2D eigenvalue weighted by Crippen LogP contribution is -2.47. The summed E-state index contributed by atoms with van der Waals surface area (Å²) in [4.78, 5) is 11.5. The summed E-state index contributed by atoms with van der Waals surface area (Å²) in [7, 11) is 1.84. The van der Waals surface area contributed by atoms with Gasteiger partial charge in [0.05, 0.1) is 6.04 Å². The second-order valence-electron chi connectivity index (χ2n) is 4.32. The van der Waals surface area contributed by atoms with E-state index in [1.165, 1.54) is 0 Å². The summed E-state index contributed by atoms with van der Waals surface area (Å²) in [5.41, 5.74) is 1.66. The van der Waals surface area contributed by atoms with Gasteiger partial charge in [-0.25, -0.2) is 0 Å². The molecule has 1 unspecified atom stereocenters. The largest absolute Gasteiger partial charge is 0.355 e. The Morgan fingerprint density at radius 1 is 1.71 bits per heavy atom. The smallest absolute Gasteiger partial charge is 0.237 e. The first kappa shape index (κ1) is 11.7. The topological polar surface area (TPSA) is 69.8 Å². The lowest BCUT2D eigenvalue weighted by atomic mass is 10.1. The van der Waals surface area contributed by atoms with Gasteiger partial charge in [0.2, 0.25) is 5.91 Å². The molecule has 1 aromatic rings. The Bertz CT molecular complexity index is 458. The van der Waals surface area contributed by atoms with Gasteiger partial charge in [0.15, 0.2) is 0 Å². The number of carbonyl (C=O) groups excluding carboxylic acids is 1. The Morgan fingerprint density at radius 2 is 2.53 bits per heavy atom. The fraction of sp³-hybridized carbons (Fsp3) is 0.500. The first-order chi connectivity index (χ1) is 8.20. The molecule has 0 aliphatic carbocycles. The standard InChI is InChI=1S/C12H16N4O/c1-16-8-9(5-10(16)6-13)7-15-11-3-2-4-14-12(11)17/h5,8,11,15H,2-4,7H2,1H3,(H,14,17). The van der Waals surface area contributed by atoms with Crippen LogP contribution in [0.3, 0.4) is 0 Å². The van der Waals surface area contributed by atoms with E-state index in [4.69, 9.17) is 5.26 Å². The van der Waals surface area contributed by atoms with E-state index in [-0.39, 0.29) is 11.9 Å². The van der Waals surface area contributed by atoms with Gasteiger partial charge in [-0.15, -0.1) is 0 Å². The molecule has 0 aromatic carbocycles. The first-order valence-corrected chi connectivity index (χ1v) is 5.77. The molecule has 0 radical (unpaired) electrons. The zero-order valence-electron chi connectivity index (χ0n) is 9.86. The molecule has 2 N–H and O–H groups in total. The van der Waals surface area contributed by atoms with Crippen molar-refractivity contribution < 1.29 is 4.79 Å². The number of aromatic nitrogens is 1. The molecule has 1 aliphatic rings. The summed E-state index contributed by atoms with van der Waals surface area (Å²) in [5.74, 6) is 0.0766. The van der Waals surface area contributed by atoms with Crippen molar-refractivity contribution in [2.45, 2.75) is 25.4 Å². The van der Waals surface area contributed by atoms with Gasteiger partial charge in [-0.1, -0.05) is 0 Å². The third-order valence-electron chi connectivity index (χ3n) is 3.01. The number of aryl methyl sites for hydroxylation is 1. The predicted octanol–water partition coefficient (Wildman–Crippen LogP) is 0.265. The maximum atomic E-state index is 11.5. The summed E-state index contributed by atoms with van der Waals surface area (Å²) >= 11 is 0. The van der Waals surface area contributed by atoms with Crippen molar-refractivity contribution in [1.82, 2.24) is 15.2 Å². The van der Waals surface area contributed by atoms with Gasteiger partial charge < -0.3 is 15.2 Å². The van der Waals surface area contributed by atoms with Crippen LogP contribution in [-0.4, -0.2) is 23.1 Å². The minimum Gasteiger partial charge on any atom is -0.355 e. The molecule has 0 bridgehead atoms. The Labute approximate surface area is 100 Å². The molecule has 2 heterocycles. The van der Waals surface area contributed by atoms with E-state index in [1.807, 2.05) is 19.3 Å². The number of rotatable bonds is 3. The van der Waals surface area contributed by atoms with Crippen molar-refractivity contribution in [2.75, 3.05) is 6.54 Å². The van der Waals surface area contributed by atoms with E-state index in [1.54, 1.807) is 4.57 Å². The van der Waals surface area contributed by atoms with Gasteiger partial charge in [0.25, 0.3) is 0 Å². The van der Waals surface area contributed by atoms with E-state index in [9.17, 15) is 4.79 Å². The van der Waals surface area contributed by atoms with Crippen LogP contribution >= 0.6 is 0 Å². The molecule has 5 nitrogen and oxygen atoms in total. The highest BCUT2D eigenvalue weighted by Gasteiger charge is 2.21. The highest BCUT2D eigenvalue weighted by atomic mass is 16.2. The van der Waals surface area contributed by atoms with Crippen molar-refractivity contribution in [2.24, 2.45) is 7.05 Å². The quantitative estimate of drug-likeness (QED) is 0.785. The number of hydrogen-bond acceptors (Lipinski definition) is 3. The van der Waals surface area contributed by atoms with E-state index in [2.05, 4.69) is 16.7 Å². The summed E-state index contributed by atoms with van der Waals surface area (Å²) in [6, 6.07) is 3.86. The van der Waals surface area contributed by atoms with Crippen LogP contribution in [0, 0.1) is 11.3 Å². The van der Waals surface area contributed by atoms with Crippen molar-refractivity contribution >= 4 is 5.91 Å². The number of carbonyl (C=O) groups is 1. The number of hydrogen-bond donors (Lipinski definition) is 2. The molecule has 1 atom stereocenters. The van der Waals surface area contributed by atoms with Crippen LogP contribution < -0.4 is 10.6 Å². The predicted molar refractivity (Wildman–Crippen MR) is 63.0 cm³/mol. The highest BCUT2D eigenvalue weighted by molar-refractivity contribution is 5.82. The molecule has 1 aliphatic heterocycles. The number of nitriles is 1. The van der Waals surface area contributed by atoms with E-state index >= 15 is 0 Å². The number of piperidine rings is 1. The molecule has 5 heteroatoms. The van der Waals surface area contributed by atoms with Crippen LogP contribution in [0.15, 0.2) is 12.3 Å².